The number of carbonyl (C=O) groups is 2. The highest BCUT2D eigenvalue weighted by Gasteiger charge is 2.37. The monoisotopic (exact) mass is 300 g/mol. The fourth-order valence-electron chi connectivity index (χ4n) is 1.60. The first-order chi connectivity index (χ1) is 8.88. The summed E-state index contributed by atoms with van der Waals surface area (Å²) in [5.74, 6) is 0.0724. The van der Waals surface area contributed by atoms with E-state index in [0.29, 0.717) is 19.4 Å². The number of hydrogen-bond acceptors (Lipinski definition) is 3. The zero-order valence-electron chi connectivity index (χ0n) is 14.5. The van der Waals surface area contributed by atoms with Crippen molar-refractivity contribution >= 4 is 19.9 Å². The van der Waals surface area contributed by atoms with Gasteiger partial charge in [0, 0.05) is 24.9 Å². The summed E-state index contributed by atoms with van der Waals surface area (Å²) in [6.45, 7) is 16.9. The number of ketones is 2. The zero-order chi connectivity index (χ0) is 16.1. The van der Waals surface area contributed by atoms with Gasteiger partial charge in [-0.15, -0.1) is 0 Å². The van der Waals surface area contributed by atoms with Gasteiger partial charge >= 0.3 is 0 Å². The van der Waals surface area contributed by atoms with Crippen molar-refractivity contribution in [1.82, 2.24) is 0 Å². The molecule has 0 aliphatic rings. The van der Waals surface area contributed by atoms with Gasteiger partial charge in [-0.05, 0) is 31.5 Å². The summed E-state index contributed by atoms with van der Waals surface area (Å²) in [5, 5.41) is 0.173. The maximum Gasteiger partial charge on any atom is 0.191 e. The van der Waals surface area contributed by atoms with E-state index >= 15 is 0 Å². The topological polar surface area (TPSA) is 43.4 Å². The predicted octanol–water partition coefficient (Wildman–Crippen LogP) is 4.22. The van der Waals surface area contributed by atoms with E-state index in [1.807, 2.05) is 13.8 Å². The van der Waals surface area contributed by atoms with Gasteiger partial charge in [-0.25, -0.2) is 0 Å². The van der Waals surface area contributed by atoms with Gasteiger partial charge in [0.05, 0.1) is 0 Å². The Morgan fingerprint density at radius 1 is 1.15 bits per heavy atom. The molecule has 4 heteroatoms. The van der Waals surface area contributed by atoms with E-state index in [1.165, 1.54) is 0 Å². The Bertz CT molecular complexity index is 340. The van der Waals surface area contributed by atoms with Crippen molar-refractivity contribution in [2.75, 3.05) is 6.61 Å². The third-order valence-corrected chi connectivity index (χ3v) is 8.94. The van der Waals surface area contributed by atoms with Crippen molar-refractivity contribution in [2.24, 2.45) is 11.8 Å². The van der Waals surface area contributed by atoms with Crippen molar-refractivity contribution in [3.05, 3.63) is 0 Å². The van der Waals surface area contributed by atoms with Gasteiger partial charge < -0.3 is 4.43 Å². The number of hydrogen-bond donors (Lipinski definition) is 0. The van der Waals surface area contributed by atoms with Crippen LogP contribution in [0.1, 0.15) is 54.4 Å². The van der Waals surface area contributed by atoms with Crippen LogP contribution in [0, 0.1) is 11.8 Å². The normalized spacial score (nSPS) is 14.4. The van der Waals surface area contributed by atoms with Gasteiger partial charge in [0.2, 0.25) is 0 Å². The molecule has 0 N–H and O–H groups in total. The molecule has 0 spiro atoms. The Kier molecular flexibility index (Phi) is 7.32. The second kappa shape index (κ2) is 7.50. The Morgan fingerprint density at radius 3 is 2.00 bits per heavy atom. The predicted molar refractivity (Wildman–Crippen MR) is 86.4 cm³/mol. The van der Waals surface area contributed by atoms with Crippen LogP contribution in [-0.2, 0) is 14.0 Å². The van der Waals surface area contributed by atoms with E-state index in [-0.39, 0.29) is 28.4 Å². The number of carbonyl (C=O) groups excluding carboxylic acids is 2. The molecule has 0 fully saturated rings. The van der Waals surface area contributed by atoms with Gasteiger partial charge in [-0.2, -0.15) is 0 Å². The van der Waals surface area contributed by atoms with Crippen LogP contribution in [0.15, 0.2) is 0 Å². The first-order valence-electron chi connectivity index (χ1n) is 7.55. The van der Waals surface area contributed by atoms with Crippen molar-refractivity contribution in [2.45, 2.75) is 72.5 Å². The standard InChI is InChI=1S/C16H32O3Si/c1-12(2)15(18)11-14(13(3)17)9-10-19-20(7,8)16(4,5)6/h12,14H,9-11H2,1-8H3. The summed E-state index contributed by atoms with van der Waals surface area (Å²) in [6, 6.07) is 0. The molecule has 118 valence electrons. The van der Waals surface area contributed by atoms with Crippen LogP contribution in [0.2, 0.25) is 18.1 Å². The summed E-state index contributed by atoms with van der Waals surface area (Å²) in [7, 11) is -1.76. The van der Waals surface area contributed by atoms with Crippen LogP contribution in [0.25, 0.3) is 0 Å². The van der Waals surface area contributed by atoms with Gasteiger partial charge in [0.25, 0.3) is 0 Å². The smallest absolute Gasteiger partial charge is 0.191 e. The Hall–Kier alpha value is -0.483. The van der Waals surface area contributed by atoms with Crippen LogP contribution < -0.4 is 0 Å². The van der Waals surface area contributed by atoms with E-state index in [9.17, 15) is 9.59 Å². The fourth-order valence-corrected chi connectivity index (χ4v) is 2.66. The second-order valence-corrected chi connectivity index (χ2v) is 12.3. The minimum atomic E-state index is -1.76. The highest BCUT2D eigenvalue weighted by Crippen LogP contribution is 2.36. The lowest BCUT2D eigenvalue weighted by atomic mass is 9.91. The summed E-state index contributed by atoms with van der Waals surface area (Å²) < 4.78 is 6.09. The molecule has 0 saturated carbocycles. The third kappa shape index (κ3) is 6.31. The molecule has 3 nitrogen and oxygen atoms in total. The molecular weight excluding hydrogens is 268 g/mol. The highest BCUT2D eigenvalue weighted by molar-refractivity contribution is 6.74. The maximum absolute atomic E-state index is 11.8. The van der Waals surface area contributed by atoms with E-state index in [2.05, 4.69) is 33.9 Å². The minimum Gasteiger partial charge on any atom is -0.417 e. The third-order valence-electron chi connectivity index (χ3n) is 4.40. The molecule has 0 bridgehead atoms. The second-order valence-electron chi connectivity index (χ2n) is 7.53. The summed E-state index contributed by atoms with van der Waals surface area (Å²) in [5.41, 5.74) is 0. The molecule has 0 rings (SSSR count). The molecule has 0 aliphatic heterocycles. The molecule has 0 aromatic heterocycles. The van der Waals surface area contributed by atoms with Crippen LogP contribution in [0.4, 0.5) is 0 Å². The first kappa shape index (κ1) is 19.5. The molecular formula is C16H32O3Si. The lowest BCUT2D eigenvalue weighted by Gasteiger charge is -2.36. The van der Waals surface area contributed by atoms with Crippen molar-refractivity contribution in [1.29, 1.82) is 0 Å². The van der Waals surface area contributed by atoms with E-state index < -0.39 is 8.32 Å². The molecule has 1 atom stereocenters. The summed E-state index contributed by atoms with van der Waals surface area (Å²) in [6.07, 6.45) is 1.01. The van der Waals surface area contributed by atoms with Crippen LogP contribution in [0.5, 0.6) is 0 Å². The molecule has 0 radical (unpaired) electrons. The molecule has 0 aliphatic carbocycles. The van der Waals surface area contributed by atoms with Crippen molar-refractivity contribution < 1.29 is 14.0 Å². The van der Waals surface area contributed by atoms with Gasteiger partial charge in [0.15, 0.2) is 8.32 Å². The average molecular weight is 301 g/mol. The van der Waals surface area contributed by atoms with Crippen LogP contribution in [-0.4, -0.2) is 26.5 Å². The zero-order valence-corrected chi connectivity index (χ0v) is 15.5. The molecule has 0 saturated heterocycles. The molecule has 0 aromatic rings. The van der Waals surface area contributed by atoms with E-state index in [0.717, 1.165) is 0 Å². The number of rotatable bonds is 8. The maximum atomic E-state index is 11.8. The summed E-state index contributed by atoms with van der Waals surface area (Å²) in [4.78, 5) is 23.5. The van der Waals surface area contributed by atoms with Crippen molar-refractivity contribution in [3.8, 4) is 0 Å². The lowest BCUT2D eigenvalue weighted by molar-refractivity contribution is -0.128. The SMILES string of the molecule is CC(=O)C(CCO[Si](C)(C)C(C)(C)C)CC(=O)C(C)C. The van der Waals surface area contributed by atoms with Crippen molar-refractivity contribution in [3.63, 3.8) is 0 Å². The van der Waals surface area contributed by atoms with E-state index in [1.54, 1.807) is 6.92 Å². The van der Waals surface area contributed by atoms with Gasteiger partial charge in [0.1, 0.15) is 11.6 Å². The van der Waals surface area contributed by atoms with Gasteiger partial charge in [-0.3, -0.25) is 9.59 Å². The Morgan fingerprint density at radius 2 is 1.65 bits per heavy atom. The van der Waals surface area contributed by atoms with Crippen LogP contribution in [0.3, 0.4) is 0 Å². The summed E-state index contributed by atoms with van der Waals surface area (Å²) >= 11 is 0. The van der Waals surface area contributed by atoms with E-state index in [4.69, 9.17) is 4.43 Å². The number of Topliss-reactive ketones (excluding diaryl/α,β-unsaturated/α-hetero) is 2. The lowest BCUT2D eigenvalue weighted by Crippen LogP contribution is -2.41. The Balaban J connectivity index is 4.44. The molecule has 1 unspecified atom stereocenters. The highest BCUT2D eigenvalue weighted by atomic mass is 28.4. The molecule has 0 aromatic carbocycles. The van der Waals surface area contributed by atoms with Crippen LogP contribution >= 0.6 is 0 Å². The first-order valence-corrected chi connectivity index (χ1v) is 10.5. The molecule has 20 heavy (non-hydrogen) atoms. The largest absolute Gasteiger partial charge is 0.417 e. The average Bonchev–Trinajstić information content (AvgIpc) is 2.25. The Labute approximate surface area is 125 Å². The quantitative estimate of drug-likeness (QED) is 0.630. The molecule has 0 amide bonds. The fraction of sp³-hybridized carbons (Fsp3) is 0.875. The minimum absolute atomic E-state index is 0.00170. The molecule has 0 heterocycles. The van der Waals surface area contributed by atoms with Gasteiger partial charge in [-0.1, -0.05) is 34.6 Å².